The average molecular weight is 403 g/mol. The molecular weight excluding hydrogens is 380 g/mol. The molecule has 0 aliphatic carbocycles. The number of amides is 1. The van der Waals surface area contributed by atoms with Crippen molar-refractivity contribution in [3.05, 3.63) is 65.0 Å². The fourth-order valence-corrected chi connectivity index (χ4v) is 3.85. The summed E-state index contributed by atoms with van der Waals surface area (Å²) in [6.07, 6.45) is 0.136. The molecule has 1 N–H and O–H groups in total. The topological polar surface area (TPSA) is 71.5 Å². The van der Waals surface area contributed by atoms with Crippen molar-refractivity contribution in [2.75, 3.05) is 14.2 Å². The number of likely N-dealkylation sites (N-methyl/N-ethyl adjacent to an activating group) is 1. The summed E-state index contributed by atoms with van der Waals surface area (Å²) >= 11 is 0. The van der Waals surface area contributed by atoms with E-state index in [0.717, 1.165) is 11.8 Å². The van der Waals surface area contributed by atoms with Gasteiger partial charge in [0, 0.05) is 11.3 Å². The van der Waals surface area contributed by atoms with E-state index in [-0.39, 0.29) is 24.4 Å². The zero-order valence-corrected chi connectivity index (χ0v) is 16.5. The van der Waals surface area contributed by atoms with Crippen LogP contribution >= 0.6 is 0 Å². The molecule has 1 aliphatic heterocycles. The number of benzene rings is 1. The van der Waals surface area contributed by atoms with Gasteiger partial charge in [-0.2, -0.15) is 0 Å². The molecule has 1 saturated heterocycles. The van der Waals surface area contributed by atoms with Gasteiger partial charge in [0.05, 0.1) is 31.3 Å². The van der Waals surface area contributed by atoms with Gasteiger partial charge in [-0.05, 0) is 38.6 Å². The van der Waals surface area contributed by atoms with Crippen LogP contribution in [-0.4, -0.2) is 42.0 Å². The van der Waals surface area contributed by atoms with E-state index in [2.05, 4.69) is 10.3 Å². The third-order valence-electron chi connectivity index (χ3n) is 5.29. The van der Waals surface area contributed by atoms with Gasteiger partial charge in [0.2, 0.25) is 5.91 Å². The van der Waals surface area contributed by atoms with E-state index in [0.29, 0.717) is 5.69 Å². The molecule has 154 valence electrons. The van der Waals surface area contributed by atoms with Gasteiger partial charge >= 0.3 is 5.97 Å². The third kappa shape index (κ3) is 4.27. The molecule has 0 radical (unpaired) electrons. The number of carbonyl (C=O) groups is 2. The number of esters is 1. The lowest BCUT2D eigenvalue weighted by Gasteiger charge is -2.27. The van der Waals surface area contributed by atoms with Crippen molar-refractivity contribution in [1.82, 2.24) is 15.2 Å². The highest BCUT2D eigenvalue weighted by molar-refractivity contribution is 5.83. The van der Waals surface area contributed by atoms with Crippen LogP contribution in [0.25, 0.3) is 0 Å². The van der Waals surface area contributed by atoms with Crippen LogP contribution in [0.2, 0.25) is 0 Å². The summed E-state index contributed by atoms with van der Waals surface area (Å²) in [5, 5.41) is 2.80. The molecule has 6 nitrogen and oxygen atoms in total. The molecule has 0 unspecified atom stereocenters. The van der Waals surface area contributed by atoms with Crippen molar-refractivity contribution in [3.8, 4) is 0 Å². The van der Waals surface area contributed by atoms with Gasteiger partial charge in [-0.1, -0.05) is 18.2 Å². The molecule has 8 heteroatoms. The summed E-state index contributed by atoms with van der Waals surface area (Å²) in [5.74, 6) is -3.66. The summed E-state index contributed by atoms with van der Waals surface area (Å²) < 4.78 is 33.2. The molecule has 3 rings (SSSR count). The molecule has 1 fully saturated rings. The number of likely N-dealkylation sites (tertiary alicyclic amines) is 1. The Labute approximate surface area is 167 Å². The summed E-state index contributed by atoms with van der Waals surface area (Å²) in [6, 6.07) is 7.77. The van der Waals surface area contributed by atoms with Gasteiger partial charge in [0.15, 0.2) is 11.6 Å². The van der Waals surface area contributed by atoms with Crippen LogP contribution in [0.5, 0.6) is 0 Å². The minimum absolute atomic E-state index is 0.0349. The van der Waals surface area contributed by atoms with E-state index < -0.39 is 35.6 Å². The standard InChI is InChI=1S/C21H23F2N3O3/c1-12-6-4-7-13(25-12)11-24-20(27)15-10-17(21(28)29-3)26(2)19(15)14-8-5-9-16(22)18(14)23/h4-9,15,17,19H,10-11H2,1-3H3,(H,24,27)/t15-,17-,19-/m1/s1. The number of halogens is 2. The molecule has 1 aliphatic rings. The first kappa shape index (κ1) is 20.9. The lowest BCUT2D eigenvalue weighted by molar-refractivity contribution is -0.145. The fraction of sp³-hybridized carbons (Fsp3) is 0.381. The second-order valence-electron chi connectivity index (χ2n) is 7.12. The molecule has 3 atom stereocenters. The van der Waals surface area contributed by atoms with Crippen LogP contribution in [0, 0.1) is 24.5 Å². The summed E-state index contributed by atoms with van der Waals surface area (Å²) in [6.45, 7) is 2.04. The summed E-state index contributed by atoms with van der Waals surface area (Å²) in [4.78, 5) is 31.0. The molecule has 1 aromatic heterocycles. The molecule has 0 bridgehead atoms. The Morgan fingerprint density at radius 1 is 1.24 bits per heavy atom. The number of aryl methyl sites for hydroxylation is 1. The molecule has 2 aromatic rings. The van der Waals surface area contributed by atoms with Crippen LogP contribution in [0.3, 0.4) is 0 Å². The monoisotopic (exact) mass is 403 g/mol. The maximum absolute atomic E-state index is 14.5. The predicted octanol–water partition coefficient (Wildman–Crippen LogP) is 2.52. The number of rotatable bonds is 5. The lowest BCUT2D eigenvalue weighted by atomic mass is 9.91. The van der Waals surface area contributed by atoms with Crippen LogP contribution in [-0.2, 0) is 20.9 Å². The highest BCUT2D eigenvalue weighted by Gasteiger charge is 2.47. The van der Waals surface area contributed by atoms with Gasteiger partial charge in [-0.25, -0.2) is 8.78 Å². The highest BCUT2D eigenvalue weighted by atomic mass is 19.2. The molecule has 29 heavy (non-hydrogen) atoms. The number of methoxy groups -OCH3 is 1. The lowest BCUT2D eigenvalue weighted by Crippen LogP contribution is -2.36. The Hall–Kier alpha value is -2.87. The van der Waals surface area contributed by atoms with Crippen molar-refractivity contribution >= 4 is 11.9 Å². The second-order valence-corrected chi connectivity index (χ2v) is 7.12. The number of pyridine rings is 1. The van der Waals surface area contributed by atoms with E-state index in [1.807, 2.05) is 19.1 Å². The first-order chi connectivity index (χ1) is 13.8. The SMILES string of the molecule is COC(=O)[C@H]1C[C@@H](C(=O)NCc2cccc(C)n2)[C@@H](c2cccc(F)c2F)N1C. The number of carbonyl (C=O) groups excluding carboxylic acids is 2. The fourth-order valence-electron chi connectivity index (χ4n) is 3.85. The zero-order valence-electron chi connectivity index (χ0n) is 16.5. The van der Waals surface area contributed by atoms with E-state index in [1.54, 1.807) is 18.0 Å². The number of nitrogens with one attached hydrogen (secondary N) is 1. The Kier molecular flexibility index (Phi) is 6.22. The van der Waals surface area contributed by atoms with Crippen molar-refractivity contribution in [2.24, 2.45) is 5.92 Å². The first-order valence-electron chi connectivity index (χ1n) is 9.27. The van der Waals surface area contributed by atoms with Gasteiger partial charge in [-0.3, -0.25) is 19.5 Å². The predicted molar refractivity (Wildman–Crippen MR) is 102 cm³/mol. The molecule has 0 saturated carbocycles. The van der Waals surface area contributed by atoms with Crippen LogP contribution in [0.1, 0.15) is 29.4 Å². The number of hydrogen-bond donors (Lipinski definition) is 1. The zero-order chi connectivity index (χ0) is 21.1. The second kappa shape index (κ2) is 8.65. The Bertz CT molecular complexity index is 922. The normalized spacial score (nSPS) is 21.8. The van der Waals surface area contributed by atoms with Crippen LogP contribution in [0.4, 0.5) is 8.78 Å². The van der Waals surface area contributed by atoms with Crippen molar-refractivity contribution < 1.29 is 23.1 Å². The maximum Gasteiger partial charge on any atom is 0.323 e. The largest absolute Gasteiger partial charge is 0.468 e. The molecule has 1 amide bonds. The minimum atomic E-state index is -1.02. The number of aromatic nitrogens is 1. The number of nitrogens with zero attached hydrogens (tertiary/aromatic N) is 2. The maximum atomic E-state index is 14.5. The van der Waals surface area contributed by atoms with Gasteiger partial charge < -0.3 is 10.1 Å². The highest BCUT2D eigenvalue weighted by Crippen LogP contribution is 2.41. The average Bonchev–Trinajstić information content (AvgIpc) is 3.05. The minimum Gasteiger partial charge on any atom is -0.468 e. The van der Waals surface area contributed by atoms with E-state index in [4.69, 9.17) is 4.74 Å². The Morgan fingerprint density at radius 2 is 1.97 bits per heavy atom. The van der Waals surface area contributed by atoms with Gasteiger partial charge in [0.25, 0.3) is 0 Å². The summed E-state index contributed by atoms with van der Waals surface area (Å²) in [5.41, 5.74) is 1.54. The molecular formula is C21H23F2N3O3. The van der Waals surface area contributed by atoms with E-state index in [1.165, 1.54) is 19.2 Å². The quantitative estimate of drug-likeness (QED) is 0.777. The Balaban J connectivity index is 1.87. The number of hydrogen-bond acceptors (Lipinski definition) is 5. The molecule has 0 spiro atoms. The van der Waals surface area contributed by atoms with Crippen LogP contribution < -0.4 is 5.32 Å². The molecule has 2 heterocycles. The van der Waals surface area contributed by atoms with Crippen molar-refractivity contribution in [2.45, 2.75) is 32.0 Å². The summed E-state index contributed by atoms with van der Waals surface area (Å²) in [7, 11) is 2.86. The number of ether oxygens (including phenoxy) is 1. The van der Waals surface area contributed by atoms with E-state index in [9.17, 15) is 18.4 Å². The van der Waals surface area contributed by atoms with Crippen molar-refractivity contribution in [1.29, 1.82) is 0 Å². The van der Waals surface area contributed by atoms with Crippen LogP contribution in [0.15, 0.2) is 36.4 Å². The van der Waals surface area contributed by atoms with E-state index >= 15 is 0 Å². The van der Waals surface area contributed by atoms with Gasteiger partial charge in [0.1, 0.15) is 6.04 Å². The smallest absolute Gasteiger partial charge is 0.323 e. The first-order valence-corrected chi connectivity index (χ1v) is 9.27. The molecule has 1 aromatic carbocycles. The Morgan fingerprint density at radius 3 is 2.66 bits per heavy atom. The van der Waals surface area contributed by atoms with Gasteiger partial charge in [-0.15, -0.1) is 0 Å². The third-order valence-corrected chi connectivity index (χ3v) is 5.29. The van der Waals surface area contributed by atoms with Crippen molar-refractivity contribution in [3.63, 3.8) is 0 Å².